The van der Waals surface area contributed by atoms with Crippen molar-refractivity contribution in [3.63, 3.8) is 0 Å². The van der Waals surface area contributed by atoms with Crippen LogP contribution in [0.1, 0.15) is 36.6 Å². The Morgan fingerprint density at radius 1 is 1.28 bits per heavy atom. The fourth-order valence-corrected chi connectivity index (χ4v) is 4.01. The van der Waals surface area contributed by atoms with Crippen LogP contribution < -0.4 is 10.2 Å². The number of rotatable bonds is 4. The molecular weight excluding hydrogens is 343 g/mol. The highest BCUT2D eigenvalue weighted by Gasteiger charge is 2.36. The lowest BCUT2D eigenvalue weighted by Gasteiger charge is -2.21. The molecule has 1 aliphatic heterocycles. The highest BCUT2D eigenvalue weighted by atomic mass is 32.1. The van der Waals surface area contributed by atoms with Gasteiger partial charge in [0.25, 0.3) is 0 Å². The largest absolute Gasteiger partial charge is 0.309 e. The molecule has 1 aromatic heterocycles. The maximum absolute atomic E-state index is 13.9. The molecular formula is C17H17FN4O2S. The van der Waals surface area contributed by atoms with Gasteiger partial charge in [0.15, 0.2) is 0 Å². The van der Waals surface area contributed by atoms with Gasteiger partial charge in [-0.25, -0.2) is 4.39 Å². The molecule has 1 N–H and O–H groups in total. The molecule has 130 valence electrons. The summed E-state index contributed by atoms with van der Waals surface area (Å²) < 4.78 is 13.9. The van der Waals surface area contributed by atoms with Gasteiger partial charge in [0.05, 0.1) is 11.6 Å². The van der Waals surface area contributed by atoms with Crippen molar-refractivity contribution in [3.05, 3.63) is 35.1 Å². The first-order valence-electron chi connectivity index (χ1n) is 8.31. The number of amides is 2. The van der Waals surface area contributed by atoms with Gasteiger partial charge in [-0.1, -0.05) is 29.9 Å². The van der Waals surface area contributed by atoms with Crippen molar-refractivity contribution in [1.82, 2.24) is 10.2 Å². The van der Waals surface area contributed by atoms with Crippen LogP contribution in [0.2, 0.25) is 0 Å². The van der Waals surface area contributed by atoms with E-state index in [0.717, 1.165) is 17.8 Å². The summed E-state index contributed by atoms with van der Waals surface area (Å²) in [6.07, 6.45) is 3.52. The molecule has 1 aromatic carbocycles. The molecule has 2 heterocycles. The maximum atomic E-state index is 13.9. The predicted octanol–water partition coefficient (Wildman–Crippen LogP) is 2.94. The number of nitrogens with zero attached hydrogens (tertiary/aromatic N) is 3. The van der Waals surface area contributed by atoms with Gasteiger partial charge in [0.2, 0.25) is 16.9 Å². The minimum absolute atomic E-state index is 0.0639. The number of anilines is 2. The Kier molecular flexibility index (Phi) is 4.20. The van der Waals surface area contributed by atoms with Crippen molar-refractivity contribution in [2.45, 2.75) is 31.6 Å². The summed E-state index contributed by atoms with van der Waals surface area (Å²) in [5.74, 6) is -1.05. The molecule has 0 bridgehead atoms. The zero-order chi connectivity index (χ0) is 17.4. The highest BCUT2D eigenvalue weighted by molar-refractivity contribution is 7.15. The van der Waals surface area contributed by atoms with E-state index in [9.17, 15) is 14.0 Å². The Labute approximate surface area is 148 Å². The number of hydrogen-bond acceptors (Lipinski definition) is 5. The van der Waals surface area contributed by atoms with Crippen molar-refractivity contribution < 1.29 is 14.0 Å². The van der Waals surface area contributed by atoms with Crippen LogP contribution in [0.3, 0.4) is 0 Å². The third kappa shape index (κ3) is 3.13. The van der Waals surface area contributed by atoms with Crippen molar-refractivity contribution >= 4 is 34.0 Å². The smallest absolute Gasteiger partial charge is 0.231 e. The highest BCUT2D eigenvalue weighted by Crippen LogP contribution is 2.38. The molecule has 0 spiro atoms. The van der Waals surface area contributed by atoms with Gasteiger partial charge in [-0.05, 0) is 25.0 Å². The van der Waals surface area contributed by atoms with Gasteiger partial charge in [-0.15, -0.1) is 10.2 Å². The van der Waals surface area contributed by atoms with E-state index in [-0.39, 0.29) is 30.5 Å². The summed E-state index contributed by atoms with van der Waals surface area (Å²) in [5.41, 5.74) is 0.214. The molecule has 8 heteroatoms. The molecule has 2 aliphatic rings. The van der Waals surface area contributed by atoms with E-state index in [1.807, 2.05) is 0 Å². The number of benzene rings is 1. The molecule has 0 radical (unpaired) electrons. The summed E-state index contributed by atoms with van der Waals surface area (Å²) in [6.45, 7) is 0.167. The maximum Gasteiger partial charge on any atom is 0.231 e. The fraction of sp³-hybridized carbons (Fsp3) is 0.412. The SMILES string of the molecule is O=C(Nc1nnc(C2CCC2)s1)[C@H]1CC(=O)N(c2ccccc2F)C1. The Balaban J connectivity index is 1.42. The first-order chi connectivity index (χ1) is 12.1. The van der Waals surface area contributed by atoms with E-state index in [2.05, 4.69) is 15.5 Å². The molecule has 25 heavy (non-hydrogen) atoms. The quantitative estimate of drug-likeness (QED) is 0.910. The van der Waals surface area contributed by atoms with Crippen LogP contribution in [0.15, 0.2) is 24.3 Å². The van der Waals surface area contributed by atoms with Gasteiger partial charge >= 0.3 is 0 Å². The van der Waals surface area contributed by atoms with E-state index in [1.165, 1.54) is 28.7 Å². The van der Waals surface area contributed by atoms with Crippen molar-refractivity contribution in [2.24, 2.45) is 5.92 Å². The standard InChI is InChI=1S/C17H17FN4O2S/c18-12-6-1-2-7-13(12)22-9-11(8-14(22)23)15(24)19-17-21-20-16(25-17)10-4-3-5-10/h1-2,6-7,10-11H,3-5,8-9H2,(H,19,21,24)/t11-/m0/s1. The fourth-order valence-electron chi connectivity index (χ4n) is 3.10. The van der Waals surface area contributed by atoms with Crippen molar-refractivity contribution in [3.8, 4) is 0 Å². The second-order valence-electron chi connectivity index (χ2n) is 6.42. The van der Waals surface area contributed by atoms with Crippen LogP contribution in [0.25, 0.3) is 0 Å². The normalized spacial score (nSPS) is 20.6. The molecule has 1 atom stereocenters. The van der Waals surface area contributed by atoms with Crippen LogP contribution >= 0.6 is 11.3 Å². The Hall–Kier alpha value is -2.35. The van der Waals surface area contributed by atoms with E-state index in [0.29, 0.717) is 11.0 Å². The van der Waals surface area contributed by atoms with Crippen LogP contribution in [0.4, 0.5) is 15.2 Å². The zero-order valence-electron chi connectivity index (χ0n) is 13.4. The monoisotopic (exact) mass is 360 g/mol. The number of carbonyl (C=O) groups excluding carboxylic acids is 2. The first-order valence-corrected chi connectivity index (χ1v) is 9.12. The lowest BCUT2D eigenvalue weighted by Crippen LogP contribution is -2.28. The minimum Gasteiger partial charge on any atom is -0.309 e. The molecule has 4 rings (SSSR count). The minimum atomic E-state index is -0.525. The van der Waals surface area contributed by atoms with Crippen molar-refractivity contribution in [1.29, 1.82) is 0 Å². The van der Waals surface area contributed by atoms with E-state index in [1.54, 1.807) is 18.2 Å². The second-order valence-corrected chi connectivity index (χ2v) is 7.43. The average molecular weight is 360 g/mol. The second kappa shape index (κ2) is 6.51. The molecule has 0 unspecified atom stereocenters. The summed E-state index contributed by atoms with van der Waals surface area (Å²) in [5, 5.41) is 12.3. The number of aromatic nitrogens is 2. The van der Waals surface area contributed by atoms with Crippen molar-refractivity contribution in [2.75, 3.05) is 16.8 Å². The lowest BCUT2D eigenvalue weighted by molar-refractivity contribution is -0.122. The number of nitrogens with one attached hydrogen (secondary N) is 1. The molecule has 1 saturated carbocycles. The van der Waals surface area contributed by atoms with Gasteiger partial charge in [-0.3, -0.25) is 9.59 Å². The Morgan fingerprint density at radius 3 is 2.80 bits per heavy atom. The molecule has 2 aromatic rings. The molecule has 2 amide bonds. The van der Waals surface area contributed by atoms with Gasteiger partial charge < -0.3 is 10.2 Å². The summed E-state index contributed by atoms with van der Waals surface area (Å²) in [4.78, 5) is 26.0. The topological polar surface area (TPSA) is 75.2 Å². The lowest BCUT2D eigenvalue weighted by atomic mass is 9.86. The summed E-state index contributed by atoms with van der Waals surface area (Å²) in [6, 6.07) is 6.09. The molecule has 1 aliphatic carbocycles. The third-order valence-electron chi connectivity index (χ3n) is 4.76. The molecule has 1 saturated heterocycles. The number of halogens is 1. The van der Waals surface area contributed by atoms with Crippen LogP contribution in [-0.2, 0) is 9.59 Å². The number of para-hydroxylation sites is 1. The van der Waals surface area contributed by atoms with Crippen LogP contribution in [0.5, 0.6) is 0 Å². The van der Waals surface area contributed by atoms with Crippen LogP contribution in [0, 0.1) is 11.7 Å². The predicted molar refractivity (Wildman–Crippen MR) is 92.0 cm³/mol. The number of carbonyl (C=O) groups is 2. The molecule has 2 fully saturated rings. The third-order valence-corrected chi connectivity index (χ3v) is 5.77. The van der Waals surface area contributed by atoms with Gasteiger partial charge in [0, 0.05) is 18.9 Å². The van der Waals surface area contributed by atoms with E-state index >= 15 is 0 Å². The molecule has 6 nitrogen and oxygen atoms in total. The van der Waals surface area contributed by atoms with Crippen LogP contribution in [-0.4, -0.2) is 28.6 Å². The first kappa shape index (κ1) is 16.1. The Morgan fingerprint density at radius 2 is 2.08 bits per heavy atom. The zero-order valence-corrected chi connectivity index (χ0v) is 14.3. The van der Waals surface area contributed by atoms with E-state index in [4.69, 9.17) is 0 Å². The van der Waals surface area contributed by atoms with E-state index < -0.39 is 11.7 Å². The summed E-state index contributed by atoms with van der Waals surface area (Å²) in [7, 11) is 0. The average Bonchev–Trinajstić information content (AvgIpc) is 3.13. The van der Waals surface area contributed by atoms with Gasteiger partial charge in [0.1, 0.15) is 10.8 Å². The van der Waals surface area contributed by atoms with Gasteiger partial charge in [-0.2, -0.15) is 0 Å². The Bertz CT molecular complexity index is 820. The summed E-state index contributed by atoms with van der Waals surface area (Å²) >= 11 is 1.39. The number of hydrogen-bond donors (Lipinski definition) is 1.